The van der Waals surface area contributed by atoms with Gasteiger partial charge in [0.05, 0.1) is 0 Å². The maximum absolute atomic E-state index is 12.1. The van der Waals surface area contributed by atoms with Crippen molar-refractivity contribution >= 4 is 0 Å². The lowest BCUT2D eigenvalue weighted by Crippen LogP contribution is -2.39. The summed E-state index contributed by atoms with van der Waals surface area (Å²) in [4.78, 5) is 0. The highest BCUT2D eigenvalue weighted by Crippen LogP contribution is 2.44. The number of benzene rings is 4. The van der Waals surface area contributed by atoms with Crippen molar-refractivity contribution in [1.29, 1.82) is 0 Å². The molecule has 29 heavy (non-hydrogen) atoms. The molecule has 0 bridgehead atoms. The van der Waals surface area contributed by atoms with E-state index in [-0.39, 0.29) is 6.42 Å². The van der Waals surface area contributed by atoms with Crippen LogP contribution in [-0.4, -0.2) is 10.2 Å². The molecule has 0 aliphatic carbocycles. The molecule has 0 aliphatic heterocycles. The van der Waals surface area contributed by atoms with Crippen LogP contribution >= 0.6 is 0 Å². The van der Waals surface area contributed by atoms with Gasteiger partial charge >= 0.3 is 0 Å². The molecular formula is C27H24O2. The second-order valence-corrected chi connectivity index (χ2v) is 7.36. The zero-order valence-electron chi connectivity index (χ0n) is 16.1. The average molecular weight is 380 g/mol. The van der Waals surface area contributed by atoms with Crippen LogP contribution in [0.3, 0.4) is 0 Å². The van der Waals surface area contributed by atoms with E-state index in [2.05, 4.69) is 0 Å². The highest BCUT2D eigenvalue weighted by atomic mass is 16.3. The fraction of sp³-hybridized carbons (Fsp3) is 0.111. The van der Waals surface area contributed by atoms with Crippen LogP contribution in [0.15, 0.2) is 121 Å². The third-order valence-electron chi connectivity index (χ3n) is 5.52. The number of hydrogen-bond donors (Lipinski definition) is 2. The molecule has 4 aromatic rings. The minimum atomic E-state index is -1.37. The van der Waals surface area contributed by atoms with Gasteiger partial charge in [-0.2, -0.15) is 0 Å². The summed E-state index contributed by atoms with van der Waals surface area (Å²) in [5, 5.41) is 24.1. The van der Waals surface area contributed by atoms with E-state index in [1.165, 1.54) is 0 Å². The van der Waals surface area contributed by atoms with E-state index >= 15 is 0 Å². The molecule has 144 valence electrons. The minimum Gasteiger partial charge on any atom is -0.380 e. The summed E-state index contributed by atoms with van der Waals surface area (Å²) in [6, 6.07) is 38.2. The number of aliphatic hydroxyl groups is 2. The van der Waals surface area contributed by atoms with Gasteiger partial charge in [-0.3, -0.25) is 0 Å². The van der Waals surface area contributed by atoms with Gasteiger partial charge in [-0.1, -0.05) is 121 Å². The Hall–Kier alpha value is -3.20. The second-order valence-electron chi connectivity index (χ2n) is 7.36. The van der Waals surface area contributed by atoms with E-state index in [4.69, 9.17) is 0 Å². The summed E-state index contributed by atoms with van der Waals surface area (Å²) in [5.74, 6) is 0. The standard InChI is InChI=1S/C27H24O2/c28-26(22-13-5-1-6-14-22,23-15-7-2-8-16-23)21-27(29,24-17-9-3-10-18-24)25-19-11-4-12-20-25/h1-20,28-29H,21H2. The molecule has 0 radical (unpaired) electrons. The van der Waals surface area contributed by atoms with E-state index < -0.39 is 11.2 Å². The molecule has 2 heteroatoms. The van der Waals surface area contributed by atoms with Crippen molar-refractivity contribution in [2.24, 2.45) is 0 Å². The first-order chi connectivity index (χ1) is 14.1. The van der Waals surface area contributed by atoms with Crippen molar-refractivity contribution in [3.05, 3.63) is 144 Å². The summed E-state index contributed by atoms with van der Waals surface area (Å²) in [7, 11) is 0. The van der Waals surface area contributed by atoms with Crippen molar-refractivity contribution in [1.82, 2.24) is 0 Å². The van der Waals surface area contributed by atoms with E-state index in [1.54, 1.807) is 0 Å². The summed E-state index contributed by atoms with van der Waals surface area (Å²) in [5.41, 5.74) is 0.243. The van der Waals surface area contributed by atoms with Crippen molar-refractivity contribution in [2.45, 2.75) is 17.6 Å². The zero-order valence-corrected chi connectivity index (χ0v) is 16.1. The van der Waals surface area contributed by atoms with E-state index in [0.29, 0.717) is 0 Å². The molecule has 2 nitrogen and oxygen atoms in total. The van der Waals surface area contributed by atoms with Crippen LogP contribution in [0.25, 0.3) is 0 Å². The predicted molar refractivity (Wildman–Crippen MR) is 116 cm³/mol. The molecule has 0 atom stereocenters. The Morgan fingerprint density at radius 1 is 0.379 bits per heavy atom. The summed E-state index contributed by atoms with van der Waals surface area (Å²) < 4.78 is 0. The molecule has 0 fully saturated rings. The fourth-order valence-electron chi connectivity index (χ4n) is 3.97. The first-order valence-corrected chi connectivity index (χ1v) is 9.80. The summed E-state index contributed by atoms with van der Waals surface area (Å²) in [6.07, 6.45) is 0.0854. The Morgan fingerprint density at radius 3 is 0.793 bits per heavy atom. The topological polar surface area (TPSA) is 40.5 Å². The van der Waals surface area contributed by atoms with Crippen LogP contribution in [0.2, 0.25) is 0 Å². The van der Waals surface area contributed by atoms with Crippen LogP contribution in [0.1, 0.15) is 28.7 Å². The van der Waals surface area contributed by atoms with Gasteiger partial charge in [-0.25, -0.2) is 0 Å². The average Bonchev–Trinajstić information content (AvgIpc) is 2.81. The van der Waals surface area contributed by atoms with Gasteiger partial charge in [0.25, 0.3) is 0 Å². The molecule has 4 rings (SSSR count). The lowest BCUT2D eigenvalue weighted by Gasteiger charge is -2.39. The quantitative estimate of drug-likeness (QED) is 0.480. The summed E-state index contributed by atoms with van der Waals surface area (Å²) >= 11 is 0. The molecule has 0 heterocycles. The van der Waals surface area contributed by atoms with Crippen LogP contribution in [-0.2, 0) is 11.2 Å². The fourth-order valence-corrected chi connectivity index (χ4v) is 3.97. The third kappa shape index (κ3) is 3.73. The Bertz CT molecular complexity index is 863. The predicted octanol–water partition coefficient (Wildman–Crippen LogP) is 5.25. The molecule has 2 N–H and O–H groups in total. The second kappa shape index (κ2) is 8.04. The van der Waals surface area contributed by atoms with Gasteiger partial charge in [-0.15, -0.1) is 0 Å². The Labute approximate surface area is 171 Å². The van der Waals surface area contributed by atoms with Crippen LogP contribution < -0.4 is 0 Å². The molecule has 0 aromatic heterocycles. The van der Waals surface area contributed by atoms with Gasteiger partial charge in [-0.05, 0) is 22.3 Å². The van der Waals surface area contributed by atoms with Crippen molar-refractivity contribution in [3.8, 4) is 0 Å². The van der Waals surface area contributed by atoms with Gasteiger partial charge < -0.3 is 10.2 Å². The van der Waals surface area contributed by atoms with Crippen LogP contribution in [0.4, 0.5) is 0 Å². The van der Waals surface area contributed by atoms with Gasteiger partial charge in [0.15, 0.2) is 0 Å². The van der Waals surface area contributed by atoms with E-state index in [0.717, 1.165) is 22.3 Å². The maximum Gasteiger partial charge on any atom is 0.118 e. The third-order valence-corrected chi connectivity index (χ3v) is 5.52. The number of hydrogen-bond acceptors (Lipinski definition) is 2. The molecular weight excluding hydrogens is 356 g/mol. The molecule has 4 aromatic carbocycles. The molecule has 0 saturated heterocycles. The first-order valence-electron chi connectivity index (χ1n) is 9.80. The van der Waals surface area contributed by atoms with Crippen molar-refractivity contribution < 1.29 is 10.2 Å². The lowest BCUT2D eigenvalue weighted by molar-refractivity contribution is -0.0273. The highest BCUT2D eigenvalue weighted by molar-refractivity contribution is 5.42. The summed E-state index contributed by atoms with van der Waals surface area (Å²) in [6.45, 7) is 0. The van der Waals surface area contributed by atoms with E-state index in [9.17, 15) is 10.2 Å². The smallest absolute Gasteiger partial charge is 0.118 e. The van der Waals surface area contributed by atoms with Crippen molar-refractivity contribution in [3.63, 3.8) is 0 Å². The molecule has 0 unspecified atom stereocenters. The van der Waals surface area contributed by atoms with Gasteiger partial charge in [0, 0.05) is 6.42 Å². The molecule has 0 saturated carbocycles. The Balaban J connectivity index is 1.91. The SMILES string of the molecule is OC(CC(O)(c1ccccc1)c1ccccc1)(c1ccccc1)c1ccccc1. The molecule has 0 spiro atoms. The molecule has 0 amide bonds. The van der Waals surface area contributed by atoms with E-state index in [1.807, 2.05) is 121 Å². The van der Waals surface area contributed by atoms with Gasteiger partial charge in [0.1, 0.15) is 11.2 Å². The Morgan fingerprint density at radius 2 is 0.586 bits per heavy atom. The molecule has 0 aliphatic rings. The van der Waals surface area contributed by atoms with Crippen LogP contribution in [0.5, 0.6) is 0 Å². The largest absolute Gasteiger partial charge is 0.380 e. The van der Waals surface area contributed by atoms with Crippen LogP contribution in [0, 0.1) is 0 Å². The number of rotatable bonds is 6. The normalized spacial score (nSPS) is 11.9. The van der Waals surface area contributed by atoms with Crippen molar-refractivity contribution in [2.75, 3.05) is 0 Å². The zero-order chi connectivity index (χ0) is 20.2. The van der Waals surface area contributed by atoms with Gasteiger partial charge in [0.2, 0.25) is 0 Å². The minimum absolute atomic E-state index is 0.0854. The Kier molecular flexibility index (Phi) is 5.30. The monoisotopic (exact) mass is 380 g/mol. The maximum atomic E-state index is 12.1. The lowest BCUT2D eigenvalue weighted by atomic mass is 9.72. The highest BCUT2D eigenvalue weighted by Gasteiger charge is 2.43. The first kappa shape index (κ1) is 19.1.